The van der Waals surface area contributed by atoms with Gasteiger partial charge in [-0.3, -0.25) is 4.79 Å². The van der Waals surface area contributed by atoms with Crippen LogP contribution in [0.1, 0.15) is 27.6 Å². The Bertz CT molecular complexity index is 735. The molecule has 0 heterocycles. The number of allylic oxidation sites excluding steroid dienone is 1. The van der Waals surface area contributed by atoms with E-state index in [0.29, 0.717) is 29.2 Å². The lowest BCUT2D eigenvalue weighted by Gasteiger charge is -2.05. The third-order valence-electron chi connectivity index (χ3n) is 3.23. The van der Waals surface area contributed by atoms with Gasteiger partial charge in [0.05, 0.1) is 19.3 Å². The minimum Gasteiger partial charge on any atom is -0.497 e. The van der Waals surface area contributed by atoms with Crippen molar-refractivity contribution in [3.05, 3.63) is 71.9 Å². The van der Waals surface area contributed by atoms with Crippen LogP contribution in [0.3, 0.4) is 0 Å². The molecule has 0 radical (unpaired) electrons. The second-order valence-corrected chi connectivity index (χ2v) is 4.87. The van der Waals surface area contributed by atoms with Gasteiger partial charge in [0.15, 0.2) is 5.78 Å². The van der Waals surface area contributed by atoms with Crippen LogP contribution in [-0.4, -0.2) is 25.5 Å². The summed E-state index contributed by atoms with van der Waals surface area (Å²) in [6.45, 7) is 2.08. The van der Waals surface area contributed by atoms with E-state index in [1.54, 1.807) is 62.6 Å². The largest absolute Gasteiger partial charge is 0.497 e. The lowest BCUT2D eigenvalue weighted by molar-refractivity contribution is 0.0526. The van der Waals surface area contributed by atoms with E-state index < -0.39 is 0 Å². The molecule has 0 fully saturated rings. The lowest BCUT2D eigenvalue weighted by atomic mass is 10.1. The van der Waals surface area contributed by atoms with E-state index in [9.17, 15) is 9.59 Å². The van der Waals surface area contributed by atoms with Gasteiger partial charge in [-0.2, -0.15) is 0 Å². The van der Waals surface area contributed by atoms with E-state index in [0.717, 1.165) is 0 Å². The number of ketones is 1. The minimum atomic E-state index is -0.376. The second-order valence-electron chi connectivity index (χ2n) is 4.87. The van der Waals surface area contributed by atoms with Crippen molar-refractivity contribution in [3.63, 3.8) is 0 Å². The van der Waals surface area contributed by atoms with Gasteiger partial charge in [-0.25, -0.2) is 4.79 Å². The molecule has 0 saturated heterocycles. The zero-order valence-electron chi connectivity index (χ0n) is 13.6. The summed E-state index contributed by atoms with van der Waals surface area (Å²) in [6.07, 6.45) is 2.97. The average molecular weight is 325 g/mol. The standard InChI is InChI=1S/C19H19NO4/c1-3-24-19(22)15-5-4-6-16(13-15)20-12-11-18(21)14-7-9-17(23-2)10-8-14/h4-13,20H,3H2,1-2H3/b12-11+. The van der Waals surface area contributed by atoms with Crippen molar-refractivity contribution in [2.75, 3.05) is 19.0 Å². The van der Waals surface area contributed by atoms with Crippen LogP contribution in [-0.2, 0) is 4.74 Å². The molecular formula is C19H19NO4. The van der Waals surface area contributed by atoms with Gasteiger partial charge >= 0.3 is 5.97 Å². The molecule has 0 saturated carbocycles. The van der Waals surface area contributed by atoms with Crippen molar-refractivity contribution >= 4 is 17.4 Å². The molecule has 0 aromatic heterocycles. The Morgan fingerprint density at radius 1 is 1.08 bits per heavy atom. The van der Waals surface area contributed by atoms with Gasteiger partial charge in [0, 0.05) is 23.5 Å². The molecule has 0 spiro atoms. The highest BCUT2D eigenvalue weighted by atomic mass is 16.5. The summed E-state index contributed by atoms with van der Waals surface area (Å²) in [4.78, 5) is 23.7. The number of methoxy groups -OCH3 is 1. The maximum absolute atomic E-state index is 12.1. The van der Waals surface area contributed by atoms with Crippen LogP contribution in [0.25, 0.3) is 0 Å². The molecule has 5 nitrogen and oxygen atoms in total. The third kappa shape index (κ3) is 4.71. The number of rotatable bonds is 7. The molecule has 0 unspecified atom stereocenters. The highest BCUT2D eigenvalue weighted by Crippen LogP contribution is 2.13. The molecule has 124 valence electrons. The monoisotopic (exact) mass is 325 g/mol. The second kappa shape index (κ2) is 8.53. The molecule has 0 aliphatic rings. The number of anilines is 1. The van der Waals surface area contributed by atoms with Crippen molar-refractivity contribution in [1.82, 2.24) is 0 Å². The first-order chi connectivity index (χ1) is 11.6. The van der Waals surface area contributed by atoms with Crippen LogP contribution in [0, 0.1) is 0 Å². The molecule has 0 amide bonds. The maximum Gasteiger partial charge on any atom is 0.338 e. The smallest absolute Gasteiger partial charge is 0.338 e. The van der Waals surface area contributed by atoms with Gasteiger partial charge in [0.25, 0.3) is 0 Å². The summed E-state index contributed by atoms with van der Waals surface area (Å²) in [5.74, 6) is 0.190. The molecule has 1 N–H and O–H groups in total. The summed E-state index contributed by atoms with van der Waals surface area (Å²) in [5, 5.41) is 2.97. The van der Waals surface area contributed by atoms with Crippen LogP contribution >= 0.6 is 0 Å². The number of nitrogens with one attached hydrogen (secondary N) is 1. The van der Waals surface area contributed by atoms with E-state index in [-0.39, 0.29) is 11.8 Å². The van der Waals surface area contributed by atoms with E-state index in [1.807, 2.05) is 0 Å². The first kappa shape index (κ1) is 17.3. The van der Waals surface area contributed by atoms with Crippen LogP contribution < -0.4 is 10.1 Å². The number of ether oxygens (including phenoxy) is 2. The highest BCUT2D eigenvalue weighted by molar-refractivity contribution is 6.04. The summed E-state index contributed by atoms with van der Waals surface area (Å²) in [6, 6.07) is 13.8. The molecule has 0 aliphatic carbocycles. The van der Waals surface area contributed by atoms with Crippen LogP contribution in [0.15, 0.2) is 60.8 Å². The summed E-state index contributed by atoms with van der Waals surface area (Å²) < 4.78 is 10.0. The van der Waals surface area contributed by atoms with Crippen LogP contribution in [0.4, 0.5) is 5.69 Å². The van der Waals surface area contributed by atoms with Gasteiger partial charge in [-0.15, -0.1) is 0 Å². The fourth-order valence-corrected chi connectivity index (χ4v) is 2.02. The Balaban J connectivity index is 1.99. The fraction of sp³-hybridized carbons (Fsp3) is 0.158. The summed E-state index contributed by atoms with van der Waals surface area (Å²) in [5.41, 5.74) is 1.71. The van der Waals surface area contributed by atoms with E-state index in [2.05, 4.69) is 5.32 Å². The van der Waals surface area contributed by atoms with Gasteiger partial charge in [-0.05, 0) is 49.4 Å². The topological polar surface area (TPSA) is 64.6 Å². The van der Waals surface area contributed by atoms with E-state index in [4.69, 9.17) is 9.47 Å². The number of carbonyl (C=O) groups excluding carboxylic acids is 2. The van der Waals surface area contributed by atoms with Gasteiger partial charge < -0.3 is 14.8 Å². The number of hydrogen-bond acceptors (Lipinski definition) is 5. The summed E-state index contributed by atoms with van der Waals surface area (Å²) in [7, 11) is 1.57. The molecule has 0 aliphatic heterocycles. The molecule has 2 aromatic carbocycles. The molecule has 5 heteroatoms. The van der Waals surface area contributed by atoms with Gasteiger partial charge in [-0.1, -0.05) is 6.07 Å². The van der Waals surface area contributed by atoms with Gasteiger partial charge in [0.1, 0.15) is 5.75 Å². The number of carbonyl (C=O) groups is 2. The Labute approximate surface area is 140 Å². The van der Waals surface area contributed by atoms with Crippen molar-refractivity contribution in [3.8, 4) is 5.75 Å². The molecule has 0 bridgehead atoms. The predicted molar refractivity (Wildman–Crippen MR) is 92.5 cm³/mol. The van der Waals surface area contributed by atoms with E-state index >= 15 is 0 Å². The zero-order valence-corrected chi connectivity index (χ0v) is 13.6. The molecule has 24 heavy (non-hydrogen) atoms. The lowest BCUT2D eigenvalue weighted by Crippen LogP contribution is -2.04. The first-order valence-corrected chi connectivity index (χ1v) is 7.52. The highest BCUT2D eigenvalue weighted by Gasteiger charge is 2.06. The molecule has 2 rings (SSSR count). The maximum atomic E-state index is 12.1. The number of benzene rings is 2. The van der Waals surface area contributed by atoms with Crippen molar-refractivity contribution in [1.29, 1.82) is 0 Å². The number of hydrogen-bond donors (Lipinski definition) is 1. The third-order valence-corrected chi connectivity index (χ3v) is 3.23. The van der Waals surface area contributed by atoms with Crippen LogP contribution in [0.2, 0.25) is 0 Å². The fourth-order valence-electron chi connectivity index (χ4n) is 2.02. The van der Waals surface area contributed by atoms with Crippen LogP contribution in [0.5, 0.6) is 5.75 Å². The number of esters is 1. The average Bonchev–Trinajstić information content (AvgIpc) is 2.62. The molecular weight excluding hydrogens is 306 g/mol. The quantitative estimate of drug-likeness (QED) is 0.478. The zero-order chi connectivity index (χ0) is 17.4. The Morgan fingerprint density at radius 3 is 2.50 bits per heavy atom. The predicted octanol–water partition coefficient (Wildman–Crippen LogP) is 3.68. The van der Waals surface area contributed by atoms with Crippen molar-refractivity contribution in [2.24, 2.45) is 0 Å². The van der Waals surface area contributed by atoms with Crippen molar-refractivity contribution in [2.45, 2.75) is 6.92 Å². The minimum absolute atomic E-state index is 0.133. The van der Waals surface area contributed by atoms with Gasteiger partial charge in [0.2, 0.25) is 0 Å². The Morgan fingerprint density at radius 2 is 1.83 bits per heavy atom. The first-order valence-electron chi connectivity index (χ1n) is 7.52. The summed E-state index contributed by atoms with van der Waals surface area (Å²) >= 11 is 0. The SMILES string of the molecule is CCOC(=O)c1cccc(N/C=C/C(=O)c2ccc(OC)cc2)c1. The normalized spacial score (nSPS) is 10.4. The Kier molecular flexibility index (Phi) is 6.14. The molecule has 0 atom stereocenters. The molecule has 2 aromatic rings. The Hall–Kier alpha value is -3.08. The van der Waals surface area contributed by atoms with E-state index in [1.165, 1.54) is 12.3 Å². The van der Waals surface area contributed by atoms with Crippen molar-refractivity contribution < 1.29 is 19.1 Å².